The predicted octanol–water partition coefficient (Wildman–Crippen LogP) is 0.729. The fraction of sp³-hybridized carbons (Fsp3) is 0.538. The van der Waals surface area contributed by atoms with Crippen LogP contribution in [0.4, 0.5) is 5.69 Å². The van der Waals surface area contributed by atoms with Crippen molar-refractivity contribution in [3.05, 3.63) is 23.0 Å². The summed E-state index contributed by atoms with van der Waals surface area (Å²) in [6.45, 7) is 7.44. The molecule has 1 aromatic heterocycles. The van der Waals surface area contributed by atoms with E-state index in [0.29, 0.717) is 13.1 Å². The molecule has 0 unspecified atom stereocenters. The molecule has 1 amide bonds. The third kappa shape index (κ3) is 3.20. The van der Waals surface area contributed by atoms with E-state index in [2.05, 4.69) is 10.3 Å². The number of amides is 1. The van der Waals surface area contributed by atoms with Gasteiger partial charge in [-0.1, -0.05) is 0 Å². The Labute approximate surface area is 108 Å². The predicted molar refractivity (Wildman–Crippen MR) is 73.6 cm³/mol. The molecule has 5 nitrogen and oxygen atoms in total. The third-order valence-electron chi connectivity index (χ3n) is 2.98. The van der Waals surface area contributed by atoms with Gasteiger partial charge in [0.25, 0.3) is 0 Å². The van der Waals surface area contributed by atoms with Crippen LogP contribution in [0.5, 0.6) is 0 Å². The fourth-order valence-electron chi connectivity index (χ4n) is 1.99. The number of carbonyl (C=O) groups is 1. The Morgan fingerprint density at radius 2 is 2.17 bits per heavy atom. The van der Waals surface area contributed by atoms with Gasteiger partial charge >= 0.3 is 0 Å². The zero-order valence-corrected chi connectivity index (χ0v) is 11.6. The van der Waals surface area contributed by atoms with Gasteiger partial charge in [-0.25, -0.2) is 0 Å². The lowest BCUT2D eigenvalue weighted by molar-refractivity contribution is -0.119. The number of nitrogens with one attached hydrogen (secondary N) is 1. The van der Waals surface area contributed by atoms with E-state index in [4.69, 9.17) is 5.73 Å². The summed E-state index contributed by atoms with van der Waals surface area (Å²) in [7, 11) is 1.64. The smallest absolute Gasteiger partial charge is 0.239 e. The van der Waals surface area contributed by atoms with Crippen LogP contribution in [0, 0.1) is 13.8 Å². The summed E-state index contributed by atoms with van der Waals surface area (Å²) in [4.78, 5) is 18.0. The van der Waals surface area contributed by atoms with Gasteiger partial charge in [-0.3, -0.25) is 9.78 Å². The molecule has 0 spiro atoms. The molecule has 1 rings (SSSR count). The van der Waals surface area contributed by atoms with Crippen LogP contribution in [-0.4, -0.2) is 31.0 Å². The van der Waals surface area contributed by atoms with Crippen LogP contribution in [0.15, 0.2) is 6.07 Å². The van der Waals surface area contributed by atoms with Crippen molar-refractivity contribution in [2.45, 2.75) is 27.3 Å². The number of nitrogens with two attached hydrogens (primary N) is 1. The second kappa shape index (κ2) is 6.35. The maximum atomic E-state index is 11.5. The topological polar surface area (TPSA) is 71.2 Å². The highest BCUT2D eigenvalue weighted by Crippen LogP contribution is 2.23. The second-order valence-electron chi connectivity index (χ2n) is 4.24. The number of anilines is 1. The Morgan fingerprint density at radius 3 is 2.67 bits per heavy atom. The van der Waals surface area contributed by atoms with Crippen molar-refractivity contribution in [3.63, 3.8) is 0 Å². The summed E-state index contributed by atoms with van der Waals surface area (Å²) >= 11 is 0. The number of aryl methyl sites for hydroxylation is 2. The molecule has 0 aromatic carbocycles. The highest BCUT2D eigenvalue weighted by atomic mass is 16.1. The van der Waals surface area contributed by atoms with Gasteiger partial charge in [0.05, 0.1) is 6.54 Å². The second-order valence-corrected chi connectivity index (χ2v) is 4.24. The molecule has 0 saturated carbocycles. The minimum Gasteiger partial charge on any atom is -0.362 e. The van der Waals surface area contributed by atoms with Gasteiger partial charge in [0.2, 0.25) is 5.91 Å². The number of likely N-dealkylation sites (N-methyl/N-ethyl adjacent to an activating group) is 2. The van der Waals surface area contributed by atoms with Crippen molar-refractivity contribution in [3.8, 4) is 0 Å². The Morgan fingerprint density at radius 1 is 1.50 bits per heavy atom. The average Bonchev–Trinajstić information content (AvgIpc) is 2.34. The van der Waals surface area contributed by atoms with Gasteiger partial charge in [0.15, 0.2) is 0 Å². The van der Waals surface area contributed by atoms with E-state index in [-0.39, 0.29) is 5.91 Å². The zero-order valence-electron chi connectivity index (χ0n) is 11.6. The molecule has 0 fully saturated rings. The number of nitrogens with zero attached hydrogens (tertiary/aromatic N) is 2. The minimum atomic E-state index is -0.00746. The number of carbonyl (C=O) groups excluding carboxylic acids is 1. The number of aromatic nitrogens is 1. The van der Waals surface area contributed by atoms with E-state index in [9.17, 15) is 4.79 Å². The van der Waals surface area contributed by atoms with E-state index >= 15 is 0 Å². The van der Waals surface area contributed by atoms with Gasteiger partial charge in [-0.15, -0.1) is 0 Å². The Hall–Kier alpha value is -1.62. The van der Waals surface area contributed by atoms with Crippen LogP contribution in [0.1, 0.15) is 23.9 Å². The number of pyridine rings is 1. The minimum absolute atomic E-state index is 0.00746. The monoisotopic (exact) mass is 250 g/mol. The lowest BCUT2D eigenvalue weighted by Gasteiger charge is -2.25. The standard InChI is InChI=1S/C13H22N4O/c1-5-17(8-13(18)15-4)12-6-9(2)16-10(3)11(12)7-14/h6H,5,7-8,14H2,1-4H3,(H,15,18). The molecule has 1 heterocycles. The first-order valence-electron chi connectivity index (χ1n) is 6.16. The summed E-state index contributed by atoms with van der Waals surface area (Å²) in [5, 5.41) is 2.64. The van der Waals surface area contributed by atoms with Gasteiger partial charge < -0.3 is 16.0 Å². The van der Waals surface area contributed by atoms with E-state index < -0.39 is 0 Å². The Bertz CT molecular complexity index is 431. The van der Waals surface area contributed by atoms with E-state index in [1.54, 1.807) is 7.05 Å². The van der Waals surface area contributed by atoms with Crippen molar-refractivity contribution in [2.75, 3.05) is 25.0 Å². The highest BCUT2D eigenvalue weighted by molar-refractivity contribution is 5.81. The molecular formula is C13H22N4O. The number of hydrogen-bond donors (Lipinski definition) is 2. The molecule has 0 radical (unpaired) electrons. The van der Waals surface area contributed by atoms with Gasteiger partial charge in [0.1, 0.15) is 0 Å². The molecule has 1 aromatic rings. The quantitative estimate of drug-likeness (QED) is 0.808. The molecule has 100 valence electrons. The van der Waals surface area contributed by atoms with Crippen LogP contribution < -0.4 is 16.0 Å². The van der Waals surface area contributed by atoms with Crippen molar-refractivity contribution in [2.24, 2.45) is 5.73 Å². The van der Waals surface area contributed by atoms with Crippen LogP contribution in [0.3, 0.4) is 0 Å². The van der Waals surface area contributed by atoms with Crippen molar-refractivity contribution in [1.82, 2.24) is 10.3 Å². The van der Waals surface area contributed by atoms with Crippen LogP contribution in [0.25, 0.3) is 0 Å². The molecule has 0 saturated heterocycles. The molecule has 5 heteroatoms. The molecule has 18 heavy (non-hydrogen) atoms. The van der Waals surface area contributed by atoms with Crippen molar-refractivity contribution >= 4 is 11.6 Å². The zero-order chi connectivity index (χ0) is 13.7. The van der Waals surface area contributed by atoms with Crippen molar-refractivity contribution < 1.29 is 4.79 Å². The van der Waals surface area contributed by atoms with E-state index in [1.807, 2.05) is 31.7 Å². The SMILES string of the molecule is CCN(CC(=O)NC)c1cc(C)nc(C)c1CN. The normalized spacial score (nSPS) is 10.3. The molecular weight excluding hydrogens is 228 g/mol. The molecule has 0 aliphatic heterocycles. The first-order chi connectivity index (χ1) is 8.53. The average molecular weight is 250 g/mol. The maximum absolute atomic E-state index is 11.5. The largest absolute Gasteiger partial charge is 0.362 e. The van der Waals surface area contributed by atoms with Crippen LogP contribution >= 0.6 is 0 Å². The molecule has 0 atom stereocenters. The van der Waals surface area contributed by atoms with Crippen LogP contribution in [-0.2, 0) is 11.3 Å². The van der Waals surface area contributed by atoms with Gasteiger partial charge in [-0.2, -0.15) is 0 Å². The van der Waals surface area contributed by atoms with Crippen LogP contribution in [0.2, 0.25) is 0 Å². The fourth-order valence-corrected chi connectivity index (χ4v) is 1.99. The Balaban J connectivity index is 3.15. The van der Waals surface area contributed by atoms with Gasteiger partial charge in [0, 0.05) is 42.8 Å². The number of hydrogen-bond acceptors (Lipinski definition) is 4. The van der Waals surface area contributed by atoms with Crippen molar-refractivity contribution in [1.29, 1.82) is 0 Å². The highest BCUT2D eigenvalue weighted by Gasteiger charge is 2.15. The maximum Gasteiger partial charge on any atom is 0.239 e. The molecule has 0 aliphatic rings. The summed E-state index contributed by atoms with van der Waals surface area (Å²) in [6.07, 6.45) is 0. The molecule has 0 bridgehead atoms. The van der Waals surface area contributed by atoms with Gasteiger partial charge in [-0.05, 0) is 26.8 Å². The van der Waals surface area contributed by atoms with E-state index in [0.717, 1.165) is 29.2 Å². The summed E-state index contributed by atoms with van der Waals surface area (Å²) < 4.78 is 0. The number of rotatable bonds is 5. The summed E-state index contributed by atoms with van der Waals surface area (Å²) in [5.74, 6) is -0.00746. The lowest BCUT2D eigenvalue weighted by atomic mass is 10.1. The molecule has 0 aliphatic carbocycles. The van der Waals surface area contributed by atoms with E-state index in [1.165, 1.54) is 0 Å². The lowest BCUT2D eigenvalue weighted by Crippen LogP contribution is -2.36. The first kappa shape index (κ1) is 14.4. The molecule has 3 N–H and O–H groups in total. The summed E-state index contributed by atoms with van der Waals surface area (Å²) in [6, 6.07) is 1.99. The Kier molecular flexibility index (Phi) is 5.09. The summed E-state index contributed by atoms with van der Waals surface area (Å²) in [5.41, 5.74) is 9.68. The first-order valence-corrected chi connectivity index (χ1v) is 6.16. The third-order valence-corrected chi connectivity index (χ3v) is 2.98.